The smallest absolute Gasteiger partial charge is 0.241 e. The summed E-state index contributed by atoms with van der Waals surface area (Å²) in [6.07, 6.45) is 3.64. The van der Waals surface area contributed by atoms with E-state index in [4.69, 9.17) is 0 Å². The number of aryl methyl sites for hydroxylation is 2. The summed E-state index contributed by atoms with van der Waals surface area (Å²) in [5.74, 6) is -0.330. The average molecular weight is 430 g/mol. The topological polar surface area (TPSA) is 69.7 Å². The zero-order valence-electron chi connectivity index (χ0n) is 18.0. The number of likely N-dealkylation sites (tertiary alicyclic amines) is 1. The van der Waals surface area contributed by atoms with Crippen LogP contribution in [-0.2, 0) is 27.9 Å². The first kappa shape index (κ1) is 22.3. The summed E-state index contributed by atoms with van der Waals surface area (Å²) in [5, 5.41) is 2.86. The standard InChI is InChI=1S/C23H31N3O3S/c1-18-9-10-22(13-19(18)2)26(30(3,28)29)17-23(27)24-15-20-7-6-8-21(14-20)16-25-11-4-5-12-25/h6-10,13-14H,4-5,11-12,15-17H2,1-3H3,(H,24,27). The Balaban J connectivity index is 1.62. The quantitative estimate of drug-likeness (QED) is 0.700. The molecule has 162 valence electrons. The van der Waals surface area contributed by atoms with Crippen molar-refractivity contribution in [2.75, 3.05) is 30.2 Å². The summed E-state index contributed by atoms with van der Waals surface area (Å²) in [6, 6.07) is 13.6. The zero-order chi connectivity index (χ0) is 21.7. The van der Waals surface area contributed by atoms with Crippen molar-refractivity contribution in [1.82, 2.24) is 10.2 Å². The molecule has 1 N–H and O–H groups in total. The zero-order valence-corrected chi connectivity index (χ0v) is 18.8. The van der Waals surface area contributed by atoms with E-state index >= 15 is 0 Å². The van der Waals surface area contributed by atoms with Gasteiger partial charge in [0.1, 0.15) is 6.54 Å². The number of carbonyl (C=O) groups is 1. The van der Waals surface area contributed by atoms with Crippen molar-refractivity contribution < 1.29 is 13.2 Å². The van der Waals surface area contributed by atoms with Crippen LogP contribution in [-0.4, -0.2) is 45.1 Å². The Morgan fingerprint density at radius 2 is 1.73 bits per heavy atom. The Bertz CT molecular complexity index is 999. The average Bonchev–Trinajstić information content (AvgIpc) is 3.19. The van der Waals surface area contributed by atoms with E-state index in [0.29, 0.717) is 12.2 Å². The maximum absolute atomic E-state index is 12.5. The molecular formula is C23H31N3O3S. The molecule has 6 nitrogen and oxygen atoms in total. The summed E-state index contributed by atoms with van der Waals surface area (Å²) in [6.45, 7) is 7.23. The molecular weight excluding hydrogens is 398 g/mol. The van der Waals surface area contributed by atoms with Crippen LogP contribution >= 0.6 is 0 Å². The summed E-state index contributed by atoms with van der Waals surface area (Å²) in [5.41, 5.74) is 4.80. The maximum atomic E-state index is 12.5. The molecule has 2 aromatic carbocycles. The number of anilines is 1. The van der Waals surface area contributed by atoms with Crippen LogP contribution in [0.4, 0.5) is 5.69 Å². The number of nitrogens with zero attached hydrogens (tertiary/aromatic N) is 2. The van der Waals surface area contributed by atoms with E-state index in [-0.39, 0.29) is 12.5 Å². The van der Waals surface area contributed by atoms with E-state index in [0.717, 1.165) is 46.9 Å². The number of benzene rings is 2. The van der Waals surface area contributed by atoms with Crippen LogP contribution in [0.1, 0.15) is 35.1 Å². The van der Waals surface area contributed by atoms with Gasteiger partial charge in [-0.25, -0.2) is 8.42 Å². The second kappa shape index (κ2) is 9.62. The number of rotatable bonds is 8. The molecule has 1 fully saturated rings. The van der Waals surface area contributed by atoms with E-state index in [1.165, 1.54) is 18.4 Å². The predicted molar refractivity (Wildman–Crippen MR) is 121 cm³/mol. The molecule has 0 unspecified atom stereocenters. The minimum absolute atomic E-state index is 0.241. The third-order valence-electron chi connectivity index (χ3n) is 5.55. The molecule has 2 aromatic rings. The molecule has 3 rings (SSSR count). The Kier molecular flexibility index (Phi) is 7.15. The normalized spacial score (nSPS) is 14.6. The molecule has 1 saturated heterocycles. The molecule has 0 atom stereocenters. The Morgan fingerprint density at radius 3 is 2.40 bits per heavy atom. The summed E-state index contributed by atoms with van der Waals surface area (Å²) in [7, 11) is -3.58. The van der Waals surface area contributed by atoms with Gasteiger partial charge in [0, 0.05) is 13.1 Å². The molecule has 0 radical (unpaired) electrons. The highest BCUT2D eigenvalue weighted by molar-refractivity contribution is 7.92. The number of sulfonamides is 1. The van der Waals surface area contributed by atoms with Crippen molar-refractivity contribution in [2.24, 2.45) is 0 Å². The Morgan fingerprint density at radius 1 is 1.03 bits per heavy atom. The van der Waals surface area contributed by atoms with Gasteiger partial charge in [-0.1, -0.05) is 30.3 Å². The highest BCUT2D eigenvalue weighted by Gasteiger charge is 2.21. The van der Waals surface area contributed by atoms with Gasteiger partial charge < -0.3 is 5.32 Å². The van der Waals surface area contributed by atoms with Gasteiger partial charge >= 0.3 is 0 Å². The third kappa shape index (κ3) is 6.06. The van der Waals surface area contributed by atoms with Gasteiger partial charge in [-0.3, -0.25) is 14.0 Å². The van der Waals surface area contributed by atoms with E-state index < -0.39 is 10.0 Å². The van der Waals surface area contributed by atoms with Crippen molar-refractivity contribution in [2.45, 2.75) is 39.8 Å². The van der Waals surface area contributed by atoms with Crippen molar-refractivity contribution in [3.8, 4) is 0 Å². The number of nitrogens with one attached hydrogen (secondary N) is 1. The maximum Gasteiger partial charge on any atom is 0.241 e. The van der Waals surface area contributed by atoms with Gasteiger partial charge in [-0.05, 0) is 74.2 Å². The minimum atomic E-state index is -3.58. The summed E-state index contributed by atoms with van der Waals surface area (Å²) < 4.78 is 25.7. The second-order valence-corrected chi connectivity index (χ2v) is 10.0. The fourth-order valence-electron chi connectivity index (χ4n) is 3.70. The molecule has 1 aliphatic rings. The lowest BCUT2D eigenvalue weighted by atomic mass is 10.1. The van der Waals surface area contributed by atoms with E-state index in [1.54, 1.807) is 12.1 Å². The Hall–Kier alpha value is -2.38. The Labute approximate surface area is 179 Å². The van der Waals surface area contributed by atoms with Crippen molar-refractivity contribution in [1.29, 1.82) is 0 Å². The van der Waals surface area contributed by atoms with Gasteiger partial charge in [-0.15, -0.1) is 0 Å². The van der Waals surface area contributed by atoms with Gasteiger partial charge in [0.05, 0.1) is 11.9 Å². The fraction of sp³-hybridized carbons (Fsp3) is 0.435. The molecule has 30 heavy (non-hydrogen) atoms. The summed E-state index contributed by atoms with van der Waals surface area (Å²) >= 11 is 0. The molecule has 0 bridgehead atoms. The fourth-order valence-corrected chi connectivity index (χ4v) is 4.55. The molecule has 0 aliphatic carbocycles. The summed E-state index contributed by atoms with van der Waals surface area (Å²) in [4.78, 5) is 15.0. The first-order valence-corrected chi connectivity index (χ1v) is 12.2. The van der Waals surface area contributed by atoms with Gasteiger partial charge in [-0.2, -0.15) is 0 Å². The van der Waals surface area contributed by atoms with Crippen LogP contribution in [0.2, 0.25) is 0 Å². The first-order chi connectivity index (χ1) is 14.2. The number of hydrogen-bond donors (Lipinski definition) is 1. The van der Waals surface area contributed by atoms with E-state index in [2.05, 4.69) is 22.3 Å². The van der Waals surface area contributed by atoms with Crippen LogP contribution < -0.4 is 9.62 Å². The third-order valence-corrected chi connectivity index (χ3v) is 6.69. The minimum Gasteiger partial charge on any atom is -0.350 e. The van der Waals surface area contributed by atoms with Gasteiger partial charge in [0.2, 0.25) is 15.9 Å². The molecule has 0 aromatic heterocycles. The van der Waals surface area contributed by atoms with Gasteiger partial charge in [0.15, 0.2) is 0 Å². The van der Waals surface area contributed by atoms with Crippen LogP contribution in [0, 0.1) is 13.8 Å². The molecule has 1 heterocycles. The molecule has 1 aliphatic heterocycles. The lowest BCUT2D eigenvalue weighted by Crippen LogP contribution is -2.40. The lowest BCUT2D eigenvalue weighted by Gasteiger charge is -2.22. The van der Waals surface area contributed by atoms with Crippen LogP contribution in [0.3, 0.4) is 0 Å². The highest BCUT2D eigenvalue weighted by atomic mass is 32.2. The highest BCUT2D eigenvalue weighted by Crippen LogP contribution is 2.21. The molecule has 0 spiro atoms. The molecule has 7 heteroatoms. The second-order valence-electron chi connectivity index (χ2n) is 8.12. The van der Waals surface area contributed by atoms with Crippen molar-refractivity contribution in [3.63, 3.8) is 0 Å². The number of carbonyl (C=O) groups excluding carboxylic acids is 1. The number of hydrogen-bond acceptors (Lipinski definition) is 4. The van der Waals surface area contributed by atoms with E-state index in [9.17, 15) is 13.2 Å². The molecule has 0 saturated carbocycles. The molecule has 1 amide bonds. The van der Waals surface area contributed by atoms with Crippen LogP contribution in [0.25, 0.3) is 0 Å². The van der Waals surface area contributed by atoms with Crippen molar-refractivity contribution in [3.05, 3.63) is 64.7 Å². The largest absolute Gasteiger partial charge is 0.350 e. The lowest BCUT2D eigenvalue weighted by molar-refractivity contribution is -0.119. The number of amides is 1. The SMILES string of the molecule is Cc1ccc(N(CC(=O)NCc2cccc(CN3CCCC3)c2)S(C)(=O)=O)cc1C. The van der Waals surface area contributed by atoms with Crippen molar-refractivity contribution >= 4 is 21.6 Å². The van der Waals surface area contributed by atoms with Crippen LogP contribution in [0.15, 0.2) is 42.5 Å². The monoisotopic (exact) mass is 429 g/mol. The van der Waals surface area contributed by atoms with Gasteiger partial charge in [0.25, 0.3) is 0 Å². The van der Waals surface area contributed by atoms with Crippen LogP contribution in [0.5, 0.6) is 0 Å². The first-order valence-electron chi connectivity index (χ1n) is 10.3. The predicted octanol–water partition coefficient (Wildman–Crippen LogP) is 2.98. The van der Waals surface area contributed by atoms with E-state index in [1.807, 2.05) is 32.0 Å².